The zero-order chi connectivity index (χ0) is 32.7. The zero-order valence-corrected chi connectivity index (χ0v) is 31.6. The summed E-state index contributed by atoms with van der Waals surface area (Å²) in [7, 11) is -9.84. The Hall–Kier alpha value is -4.23. The predicted octanol–water partition coefficient (Wildman–Crippen LogP) is -1.83. The molecular weight excluding hydrogens is 858 g/mol. The normalized spacial score (nSPS) is 9.45. The van der Waals surface area contributed by atoms with E-state index in [4.69, 9.17) is 0 Å². The number of nitrogens with zero attached hydrogens (tertiary/aromatic N) is 2. The summed E-state index contributed by atoms with van der Waals surface area (Å²) in [5.41, 5.74) is -1.07. The largest absolute Gasteiger partial charge is 2.00 e. The molecule has 0 heterocycles. The first-order valence-corrected chi connectivity index (χ1v) is 14.6. The second-order valence-corrected chi connectivity index (χ2v) is 11.3. The Labute approximate surface area is 328 Å². The van der Waals surface area contributed by atoms with E-state index in [0.29, 0.717) is 23.5 Å². The Bertz CT molecular complexity index is 1830. The van der Waals surface area contributed by atoms with Crippen LogP contribution in [-0.2, 0) is 20.2 Å². The van der Waals surface area contributed by atoms with Gasteiger partial charge in [-0.1, -0.05) is 36.4 Å². The molecule has 2 amide bonds. The molecule has 0 unspecified atom stereocenters. The maximum Gasteiger partial charge on any atom is 2.00 e. The van der Waals surface area contributed by atoms with Crippen molar-refractivity contribution in [1.29, 1.82) is 0 Å². The van der Waals surface area contributed by atoms with Crippen molar-refractivity contribution in [2.24, 2.45) is 0 Å². The van der Waals surface area contributed by atoms with Gasteiger partial charge in [-0.3, -0.25) is 29.8 Å². The van der Waals surface area contributed by atoms with E-state index in [1.54, 1.807) is 60.7 Å². The summed E-state index contributed by atoms with van der Waals surface area (Å²) >= 11 is 0. The molecule has 4 rings (SSSR count). The summed E-state index contributed by atoms with van der Waals surface area (Å²) in [4.78, 5) is 42.2. The monoisotopic (exact) mass is 888 g/mol. The van der Waals surface area contributed by atoms with Crippen molar-refractivity contribution in [3.8, 4) is 0 Å². The van der Waals surface area contributed by atoms with Crippen molar-refractivity contribution < 1.29 is 78.2 Å². The number of non-ortho nitro benzene ring substituents is 2. The van der Waals surface area contributed by atoms with Gasteiger partial charge in [-0.25, -0.2) is 16.8 Å². The first kappa shape index (κ1) is 56.2. The van der Waals surface area contributed by atoms with Crippen LogP contribution < -0.4 is 10.6 Å². The molecule has 0 saturated heterocycles. The third-order valence-corrected chi connectivity index (χ3v) is 7.00. The minimum Gasteiger partial charge on any atom is -0.744 e. The SMILES string of the molecule is O.O.O.O.O.O.O=C(Nc1ccccc1)c1cc([N+](=O)[O-])cc(S(=O)(=O)[O-])c1.O=C(Nc1ccccc1)c1cc([N+](=O)[O-])cc(S(=O)(=O)[O-])c1.[Ba+2]. The van der Waals surface area contributed by atoms with Gasteiger partial charge in [0.05, 0.1) is 19.6 Å². The first-order valence-electron chi connectivity index (χ1n) is 11.8. The maximum atomic E-state index is 12.0. The van der Waals surface area contributed by atoms with Crippen molar-refractivity contribution in [3.63, 3.8) is 0 Å². The fourth-order valence-electron chi connectivity index (χ4n) is 3.38. The Kier molecular flexibility index (Phi) is 26.5. The summed E-state index contributed by atoms with van der Waals surface area (Å²) in [6.07, 6.45) is 0. The van der Waals surface area contributed by atoms with E-state index < -0.39 is 63.1 Å². The fourth-order valence-corrected chi connectivity index (χ4v) is 4.45. The number of nitro benzene ring substituents is 2. The molecule has 0 aliphatic carbocycles. The average molecular weight is 888 g/mol. The van der Waals surface area contributed by atoms with Crippen LogP contribution in [0.5, 0.6) is 0 Å². The van der Waals surface area contributed by atoms with E-state index in [1.165, 1.54) is 0 Å². The van der Waals surface area contributed by atoms with Crippen molar-refractivity contribution in [3.05, 3.63) is 128 Å². The minimum absolute atomic E-state index is 0. The number of para-hydroxylation sites is 2. The van der Waals surface area contributed by atoms with Crippen LogP contribution in [0.2, 0.25) is 0 Å². The summed E-state index contributed by atoms with van der Waals surface area (Å²) in [5.74, 6) is -1.53. The van der Waals surface area contributed by atoms with E-state index in [0.717, 1.165) is 24.3 Å². The number of carbonyl (C=O) groups excluding carboxylic acids is 2. The molecule has 0 atom stereocenters. The number of rotatable bonds is 8. The molecule has 0 aromatic heterocycles. The zero-order valence-electron chi connectivity index (χ0n) is 25.6. The minimum atomic E-state index is -4.92. The molecule has 0 radical (unpaired) electrons. The molecule has 0 aliphatic heterocycles. The van der Waals surface area contributed by atoms with Crippen molar-refractivity contribution in [2.75, 3.05) is 10.6 Å². The fraction of sp³-hybridized carbons (Fsp3) is 0. The number of benzene rings is 4. The number of nitrogens with one attached hydrogen (secondary N) is 2. The van der Waals surface area contributed by atoms with Crippen LogP contribution in [-0.4, -0.2) is 129 Å². The van der Waals surface area contributed by atoms with Gasteiger partial charge in [-0.2, -0.15) is 0 Å². The van der Waals surface area contributed by atoms with Crippen LogP contribution in [0.25, 0.3) is 0 Å². The molecule has 276 valence electrons. The molecule has 4 aromatic carbocycles. The van der Waals surface area contributed by atoms with E-state index in [2.05, 4.69) is 10.6 Å². The molecule has 22 nitrogen and oxygen atoms in total. The smallest absolute Gasteiger partial charge is 0.744 e. The first-order chi connectivity index (χ1) is 20.5. The molecule has 0 fully saturated rings. The molecule has 0 aliphatic rings. The standard InChI is InChI=1S/2C13H10N2O6S.Ba.6H2O/c2*16-13(14-10-4-2-1-3-5-10)9-6-11(15(17)18)8-12(7-9)22(19,20)21;;;;;;;/h2*1-8H,(H,14,16)(H,19,20,21);;6*1H2/q;;+2;;;;;;/p-2. The van der Waals surface area contributed by atoms with Crippen LogP contribution in [0.4, 0.5) is 22.7 Å². The Morgan fingerprint density at radius 2 is 0.784 bits per heavy atom. The van der Waals surface area contributed by atoms with Gasteiger partial charge in [0, 0.05) is 46.8 Å². The van der Waals surface area contributed by atoms with E-state index >= 15 is 0 Å². The van der Waals surface area contributed by atoms with Gasteiger partial charge >= 0.3 is 48.9 Å². The topological polar surface area (TPSA) is 448 Å². The second kappa shape index (κ2) is 24.0. The van der Waals surface area contributed by atoms with E-state index in [9.17, 15) is 55.8 Å². The molecule has 4 aromatic rings. The molecule has 14 N–H and O–H groups in total. The summed E-state index contributed by atoms with van der Waals surface area (Å²) in [6, 6.07) is 21.1. The van der Waals surface area contributed by atoms with Gasteiger partial charge in [0.25, 0.3) is 23.2 Å². The summed E-state index contributed by atoms with van der Waals surface area (Å²) < 4.78 is 66.2. The Morgan fingerprint density at radius 1 is 0.510 bits per heavy atom. The predicted molar refractivity (Wildman–Crippen MR) is 178 cm³/mol. The molecular formula is C26H30BaN4O18S2. The van der Waals surface area contributed by atoms with Crippen LogP contribution in [0.1, 0.15) is 20.7 Å². The van der Waals surface area contributed by atoms with Gasteiger partial charge in [0.2, 0.25) is 0 Å². The number of amides is 2. The molecule has 0 spiro atoms. The Balaban J connectivity index is -0.000000243. The van der Waals surface area contributed by atoms with E-state index in [-0.39, 0.29) is 92.9 Å². The number of carbonyl (C=O) groups is 2. The summed E-state index contributed by atoms with van der Waals surface area (Å²) in [6.45, 7) is 0. The van der Waals surface area contributed by atoms with Gasteiger partial charge in [-0.05, 0) is 36.4 Å². The Morgan fingerprint density at radius 3 is 1.02 bits per heavy atom. The van der Waals surface area contributed by atoms with Crippen LogP contribution >= 0.6 is 0 Å². The number of nitro groups is 2. The van der Waals surface area contributed by atoms with E-state index in [1.807, 2.05) is 0 Å². The number of hydrogen-bond acceptors (Lipinski definition) is 12. The number of hydrogen-bond donors (Lipinski definition) is 2. The van der Waals surface area contributed by atoms with Crippen molar-refractivity contribution in [2.45, 2.75) is 9.79 Å². The van der Waals surface area contributed by atoms with Crippen LogP contribution in [0.3, 0.4) is 0 Å². The molecule has 25 heteroatoms. The third kappa shape index (κ3) is 17.0. The van der Waals surface area contributed by atoms with Gasteiger partial charge in [0.1, 0.15) is 20.2 Å². The third-order valence-electron chi connectivity index (χ3n) is 5.37. The maximum absolute atomic E-state index is 12.0. The molecule has 0 bridgehead atoms. The van der Waals surface area contributed by atoms with Gasteiger partial charge < -0.3 is 52.6 Å². The van der Waals surface area contributed by atoms with Gasteiger partial charge in [-0.15, -0.1) is 0 Å². The summed E-state index contributed by atoms with van der Waals surface area (Å²) in [5, 5.41) is 26.5. The second-order valence-electron chi connectivity index (χ2n) is 8.49. The number of anilines is 2. The quantitative estimate of drug-likeness (QED) is 0.0854. The molecule has 0 saturated carbocycles. The van der Waals surface area contributed by atoms with Crippen molar-refractivity contribution in [1.82, 2.24) is 0 Å². The molecule has 51 heavy (non-hydrogen) atoms. The van der Waals surface area contributed by atoms with Gasteiger partial charge in [0.15, 0.2) is 0 Å². The average Bonchev–Trinajstić information content (AvgIpc) is 2.97. The van der Waals surface area contributed by atoms with Crippen molar-refractivity contribution >= 4 is 104 Å². The van der Waals surface area contributed by atoms with Crippen LogP contribution in [0, 0.1) is 20.2 Å². The van der Waals surface area contributed by atoms with Crippen LogP contribution in [0.15, 0.2) is 107 Å².